The molecule has 1 unspecified atom stereocenters. The van der Waals surface area contributed by atoms with Gasteiger partial charge in [0.1, 0.15) is 0 Å². The van der Waals surface area contributed by atoms with Gasteiger partial charge in [-0.3, -0.25) is 0 Å². The van der Waals surface area contributed by atoms with Gasteiger partial charge in [0.15, 0.2) is 0 Å². The zero-order valence-electron chi connectivity index (χ0n) is 5.28. The van der Waals surface area contributed by atoms with Crippen LogP contribution >= 0.6 is 0 Å². The van der Waals surface area contributed by atoms with Gasteiger partial charge in [0.25, 0.3) is 0 Å². The third kappa shape index (κ3) is 3.93. The van der Waals surface area contributed by atoms with Crippen molar-refractivity contribution in [1.82, 2.24) is 0 Å². The quantitative estimate of drug-likeness (QED) is 0.487. The zero-order chi connectivity index (χ0) is 5.70. The molecule has 7 heavy (non-hydrogen) atoms. The number of rotatable bonds is 3. The lowest BCUT2D eigenvalue weighted by atomic mass is 10.3. The van der Waals surface area contributed by atoms with Crippen molar-refractivity contribution in [1.29, 1.82) is 0 Å². The summed E-state index contributed by atoms with van der Waals surface area (Å²) in [7, 11) is 0.483. The van der Waals surface area contributed by atoms with Gasteiger partial charge in [-0.15, -0.1) is 6.17 Å². The second-order valence-electron chi connectivity index (χ2n) is 2.00. The highest BCUT2D eigenvalue weighted by Gasteiger charge is 1.89. The first-order valence-corrected chi connectivity index (χ1v) is 4.42. The fourth-order valence-electron chi connectivity index (χ4n) is 0.573. The Labute approximate surface area is 48.4 Å². The maximum Gasteiger partial charge on any atom is -0.0123 e. The molecule has 0 aliphatic carbocycles. The fraction of sp³-hybridized carbons (Fsp3) is 0.833. The summed E-state index contributed by atoms with van der Waals surface area (Å²) in [6, 6.07) is 0. The number of hydrogen-bond donors (Lipinski definition) is 0. The van der Waals surface area contributed by atoms with E-state index in [1.165, 1.54) is 12.8 Å². The summed E-state index contributed by atoms with van der Waals surface area (Å²) in [6.45, 7) is 4.51. The molecule has 0 N–H and O–H groups in total. The van der Waals surface area contributed by atoms with Crippen LogP contribution in [-0.4, -0.2) is 15.3 Å². The monoisotopic (exact) mass is 114 g/mol. The summed E-state index contributed by atoms with van der Waals surface area (Å²) in [5.74, 6) is 0. The summed E-state index contributed by atoms with van der Waals surface area (Å²) in [4.78, 5) is 0. The van der Waals surface area contributed by atoms with Crippen LogP contribution in [0.15, 0.2) is 0 Å². The maximum absolute atomic E-state index is 3.89. The molecular weight excluding hydrogens is 100 g/mol. The van der Waals surface area contributed by atoms with E-state index < -0.39 is 0 Å². The van der Waals surface area contributed by atoms with Gasteiger partial charge < -0.3 is 0 Å². The van der Waals surface area contributed by atoms with Gasteiger partial charge in [-0.25, -0.2) is 0 Å². The summed E-state index contributed by atoms with van der Waals surface area (Å²) in [5.41, 5.74) is 0.921. The second kappa shape index (κ2) is 4.25. The molecule has 0 aliphatic heterocycles. The zero-order valence-corrected chi connectivity index (χ0v) is 6.43. The third-order valence-corrected chi connectivity index (χ3v) is 2.28. The standard InChI is InChI=1S/C6H14Si/c1-4-5-6(2)7-3/h6-7H,3-5H2,1-2H3. The minimum absolute atomic E-state index is 0.483. The van der Waals surface area contributed by atoms with Crippen LogP contribution < -0.4 is 0 Å². The van der Waals surface area contributed by atoms with Crippen LogP contribution in [0.2, 0.25) is 5.54 Å². The average Bonchev–Trinajstić information content (AvgIpc) is 1.68. The van der Waals surface area contributed by atoms with Crippen LogP contribution in [0.3, 0.4) is 0 Å². The fourth-order valence-corrected chi connectivity index (χ4v) is 1.14. The van der Waals surface area contributed by atoms with E-state index in [0.29, 0.717) is 9.13 Å². The Morgan fingerprint density at radius 1 is 1.71 bits per heavy atom. The van der Waals surface area contributed by atoms with Crippen molar-refractivity contribution < 1.29 is 0 Å². The van der Waals surface area contributed by atoms with Crippen molar-refractivity contribution in [3.63, 3.8) is 0 Å². The first kappa shape index (κ1) is 7.09. The highest BCUT2D eigenvalue weighted by atomic mass is 28.2. The molecule has 0 aromatic carbocycles. The Hall–Kier alpha value is 0.0869. The van der Waals surface area contributed by atoms with Crippen molar-refractivity contribution in [3.05, 3.63) is 0 Å². The second-order valence-corrected chi connectivity index (χ2v) is 3.61. The molecule has 0 aromatic rings. The van der Waals surface area contributed by atoms with Crippen molar-refractivity contribution in [3.8, 4) is 0 Å². The summed E-state index contributed by atoms with van der Waals surface area (Å²) in [5, 5.41) is 0. The Morgan fingerprint density at radius 2 is 2.29 bits per heavy atom. The van der Waals surface area contributed by atoms with E-state index in [1.54, 1.807) is 0 Å². The van der Waals surface area contributed by atoms with Crippen LogP contribution in [0, 0.1) is 0 Å². The van der Waals surface area contributed by atoms with E-state index in [1.807, 2.05) is 0 Å². The first-order valence-electron chi connectivity index (χ1n) is 2.93. The van der Waals surface area contributed by atoms with E-state index in [4.69, 9.17) is 0 Å². The van der Waals surface area contributed by atoms with E-state index in [9.17, 15) is 0 Å². The molecule has 0 saturated heterocycles. The highest BCUT2D eigenvalue weighted by Crippen LogP contribution is 2.05. The predicted octanol–water partition coefficient (Wildman–Crippen LogP) is 1.46. The smallest absolute Gasteiger partial charge is 0.0123 e. The van der Waals surface area contributed by atoms with Gasteiger partial charge in [0.2, 0.25) is 0 Å². The third-order valence-electron chi connectivity index (χ3n) is 1.15. The molecule has 0 bridgehead atoms. The lowest BCUT2D eigenvalue weighted by Crippen LogP contribution is -1.87. The lowest BCUT2D eigenvalue weighted by Gasteiger charge is -1.98. The minimum Gasteiger partial charge on any atom is -0.121 e. The Bertz CT molecular complexity index is 50.1. The van der Waals surface area contributed by atoms with Gasteiger partial charge in [-0.1, -0.05) is 26.7 Å². The normalized spacial score (nSPS) is 13.4. The molecule has 0 radical (unpaired) electrons. The summed E-state index contributed by atoms with van der Waals surface area (Å²) < 4.78 is 0. The van der Waals surface area contributed by atoms with Crippen LogP contribution in [0.25, 0.3) is 0 Å². The number of hydrogen-bond acceptors (Lipinski definition) is 0. The Morgan fingerprint density at radius 3 is 2.43 bits per heavy atom. The molecule has 0 spiro atoms. The average molecular weight is 114 g/mol. The van der Waals surface area contributed by atoms with E-state index in [2.05, 4.69) is 20.0 Å². The highest BCUT2D eigenvalue weighted by molar-refractivity contribution is 6.42. The lowest BCUT2D eigenvalue weighted by molar-refractivity contribution is 0.768. The molecule has 0 aromatic heterocycles. The van der Waals surface area contributed by atoms with Crippen molar-refractivity contribution in [2.75, 3.05) is 0 Å². The molecule has 0 heterocycles. The summed E-state index contributed by atoms with van der Waals surface area (Å²) >= 11 is 0. The van der Waals surface area contributed by atoms with E-state index >= 15 is 0 Å². The molecule has 0 rings (SSSR count). The SMILES string of the molecule is C=[SiH]C(C)CCC. The maximum atomic E-state index is 3.89. The van der Waals surface area contributed by atoms with Gasteiger partial charge >= 0.3 is 0 Å². The molecule has 1 heteroatoms. The molecule has 0 aliphatic rings. The topological polar surface area (TPSA) is 0 Å². The Balaban J connectivity index is 2.98. The van der Waals surface area contributed by atoms with Crippen molar-refractivity contribution >= 4 is 15.3 Å². The van der Waals surface area contributed by atoms with E-state index in [-0.39, 0.29) is 0 Å². The van der Waals surface area contributed by atoms with Gasteiger partial charge in [0.05, 0.1) is 0 Å². The minimum atomic E-state index is 0.483. The largest absolute Gasteiger partial charge is 0.121 e. The van der Waals surface area contributed by atoms with Gasteiger partial charge in [-0.05, 0) is 14.7 Å². The van der Waals surface area contributed by atoms with Gasteiger partial charge in [0, 0.05) is 0 Å². The van der Waals surface area contributed by atoms with Crippen LogP contribution in [0.1, 0.15) is 26.7 Å². The molecule has 0 saturated carbocycles. The molecule has 1 atom stereocenters. The van der Waals surface area contributed by atoms with Crippen LogP contribution in [-0.2, 0) is 0 Å². The summed E-state index contributed by atoms with van der Waals surface area (Å²) in [6.07, 6.45) is 6.58. The predicted molar refractivity (Wildman–Crippen MR) is 38.6 cm³/mol. The first-order chi connectivity index (χ1) is 3.31. The molecule has 0 amide bonds. The molecule has 42 valence electrons. The molecule has 0 nitrogen and oxygen atoms in total. The van der Waals surface area contributed by atoms with Crippen molar-refractivity contribution in [2.24, 2.45) is 0 Å². The molecule has 0 fully saturated rings. The van der Waals surface area contributed by atoms with Crippen LogP contribution in [0.5, 0.6) is 0 Å². The Kier molecular flexibility index (Phi) is 4.30. The molecular formula is C6H14Si. The van der Waals surface area contributed by atoms with E-state index in [0.717, 1.165) is 5.54 Å². The van der Waals surface area contributed by atoms with Crippen LogP contribution in [0.4, 0.5) is 0 Å². The van der Waals surface area contributed by atoms with Gasteiger partial charge in [-0.2, -0.15) is 0 Å². The van der Waals surface area contributed by atoms with Crippen molar-refractivity contribution in [2.45, 2.75) is 32.2 Å².